The summed E-state index contributed by atoms with van der Waals surface area (Å²) >= 11 is 0. The monoisotopic (exact) mass is 142 g/mol. The zero-order valence-electron chi connectivity index (χ0n) is 7.48. The molecular formula is C9H18O. The smallest absolute Gasteiger partial charge is 0.0649 e. The van der Waals surface area contributed by atoms with Gasteiger partial charge in [0.1, 0.15) is 0 Å². The predicted octanol–water partition coefficient (Wildman–Crippen LogP) is 2.46. The van der Waals surface area contributed by atoms with Crippen molar-refractivity contribution in [2.75, 3.05) is 6.61 Å². The third-order valence-electron chi connectivity index (χ3n) is 2.24. The van der Waals surface area contributed by atoms with Crippen molar-refractivity contribution in [2.45, 2.75) is 40.2 Å². The zero-order valence-corrected chi connectivity index (χ0v) is 7.48. The number of ether oxygens (including phenoxy) is 1. The fraction of sp³-hybridized carbons (Fsp3) is 1.00. The molecule has 1 rings (SSSR count). The highest BCUT2D eigenvalue weighted by Gasteiger charge is 2.34. The normalized spacial score (nSPS) is 34.8. The molecule has 60 valence electrons. The topological polar surface area (TPSA) is 9.23 Å². The maximum absolute atomic E-state index is 5.63. The minimum absolute atomic E-state index is 0.329. The molecule has 0 bridgehead atoms. The molecule has 0 saturated carbocycles. The van der Waals surface area contributed by atoms with Gasteiger partial charge in [-0.1, -0.05) is 27.7 Å². The fourth-order valence-electron chi connectivity index (χ4n) is 1.80. The zero-order chi connectivity index (χ0) is 7.78. The van der Waals surface area contributed by atoms with Crippen LogP contribution in [0.15, 0.2) is 0 Å². The van der Waals surface area contributed by atoms with E-state index in [0.29, 0.717) is 11.5 Å². The molecule has 1 aliphatic rings. The molecule has 0 amide bonds. The van der Waals surface area contributed by atoms with Crippen molar-refractivity contribution >= 4 is 0 Å². The van der Waals surface area contributed by atoms with E-state index >= 15 is 0 Å². The Bertz CT molecular complexity index is 112. The molecule has 0 spiro atoms. The highest BCUT2D eigenvalue weighted by molar-refractivity contribution is 4.82. The van der Waals surface area contributed by atoms with E-state index in [0.717, 1.165) is 12.5 Å². The molecule has 1 saturated heterocycles. The highest BCUT2D eigenvalue weighted by atomic mass is 16.5. The molecule has 1 heterocycles. The van der Waals surface area contributed by atoms with Crippen LogP contribution in [-0.2, 0) is 4.74 Å². The first-order valence-electron chi connectivity index (χ1n) is 4.13. The number of hydrogen-bond acceptors (Lipinski definition) is 1. The second-order valence-electron chi connectivity index (χ2n) is 4.42. The van der Waals surface area contributed by atoms with Gasteiger partial charge in [-0.3, -0.25) is 0 Å². The molecule has 1 aliphatic heterocycles. The Morgan fingerprint density at radius 3 is 2.10 bits per heavy atom. The van der Waals surface area contributed by atoms with Gasteiger partial charge in [0.2, 0.25) is 0 Å². The second-order valence-corrected chi connectivity index (χ2v) is 4.42. The first-order chi connectivity index (χ1) is 4.52. The molecule has 2 atom stereocenters. The number of rotatable bonds is 0. The van der Waals surface area contributed by atoms with Crippen molar-refractivity contribution in [3.63, 3.8) is 0 Å². The van der Waals surface area contributed by atoms with Crippen LogP contribution in [0.25, 0.3) is 0 Å². The molecule has 0 aromatic heterocycles. The number of hydrogen-bond donors (Lipinski definition) is 0. The van der Waals surface area contributed by atoms with Gasteiger partial charge in [-0.15, -0.1) is 0 Å². The van der Waals surface area contributed by atoms with Gasteiger partial charge < -0.3 is 4.74 Å². The quantitative estimate of drug-likeness (QED) is 0.505. The fourth-order valence-corrected chi connectivity index (χ4v) is 1.80. The summed E-state index contributed by atoms with van der Waals surface area (Å²) in [6.45, 7) is 9.99. The van der Waals surface area contributed by atoms with Crippen molar-refractivity contribution in [1.82, 2.24) is 0 Å². The SMILES string of the molecule is C[C@H]1CCO[C@H]1C(C)(C)C. The molecule has 1 nitrogen and oxygen atoms in total. The molecular weight excluding hydrogens is 124 g/mol. The Kier molecular flexibility index (Phi) is 2.04. The van der Waals surface area contributed by atoms with Gasteiger partial charge in [0.25, 0.3) is 0 Å². The average molecular weight is 142 g/mol. The van der Waals surface area contributed by atoms with Gasteiger partial charge >= 0.3 is 0 Å². The van der Waals surface area contributed by atoms with Gasteiger partial charge in [-0.25, -0.2) is 0 Å². The summed E-state index contributed by atoms with van der Waals surface area (Å²) in [6.07, 6.45) is 1.72. The van der Waals surface area contributed by atoms with Crippen LogP contribution in [0.4, 0.5) is 0 Å². The summed E-state index contributed by atoms with van der Waals surface area (Å²) in [4.78, 5) is 0. The summed E-state index contributed by atoms with van der Waals surface area (Å²) in [6, 6.07) is 0. The average Bonchev–Trinajstić information content (AvgIpc) is 2.11. The summed E-state index contributed by atoms with van der Waals surface area (Å²) in [5, 5.41) is 0. The third-order valence-corrected chi connectivity index (χ3v) is 2.24. The predicted molar refractivity (Wildman–Crippen MR) is 43.0 cm³/mol. The molecule has 0 aromatic carbocycles. The van der Waals surface area contributed by atoms with E-state index < -0.39 is 0 Å². The van der Waals surface area contributed by atoms with E-state index in [4.69, 9.17) is 4.74 Å². The maximum Gasteiger partial charge on any atom is 0.0649 e. The first kappa shape index (κ1) is 8.06. The second kappa shape index (κ2) is 2.54. The van der Waals surface area contributed by atoms with Crippen molar-refractivity contribution < 1.29 is 4.74 Å². The Hall–Kier alpha value is -0.0400. The minimum atomic E-state index is 0.329. The van der Waals surface area contributed by atoms with Gasteiger partial charge in [0.05, 0.1) is 6.10 Å². The Morgan fingerprint density at radius 2 is 1.90 bits per heavy atom. The molecule has 1 heteroatoms. The standard InChI is InChI=1S/C9H18O/c1-7-5-6-10-8(7)9(2,3)4/h7-8H,5-6H2,1-4H3/t7-,8+/m0/s1. The largest absolute Gasteiger partial charge is 0.377 e. The Morgan fingerprint density at radius 1 is 1.30 bits per heavy atom. The van der Waals surface area contributed by atoms with Crippen LogP contribution >= 0.6 is 0 Å². The lowest BCUT2D eigenvalue weighted by Crippen LogP contribution is -2.29. The van der Waals surface area contributed by atoms with Crippen molar-refractivity contribution in [3.05, 3.63) is 0 Å². The van der Waals surface area contributed by atoms with E-state index in [-0.39, 0.29) is 0 Å². The summed E-state index contributed by atoms with van der Waals surface area (Å²) in [5.74, 6) is 0.750. The molecule has 0 aromatic rings. The summed E-state index contributed by atoms with van der Waals surface area (Å²) in [7, 11) is 0. The third kappa shape index (κ3) is 1.51. The van der Waals surface area contributed by atoms with Crippen LogP contribution in [0.3, 0.4) is 0 Å². The maximum atomic E-state index is 5.63. The van der Waals surface area contributed by atoms with Gasteiger partial charge in [0.15, 0.2) is 0 Å². The van der Waals surface area contributed by atoms with E-state index in [1.165, 1.54) is 6.42 Å². The Balaban J connectivity index is 2.55. The van der Waals surface area contributed by atoms with Crippen LogP contribution in [0.1, 0.15) is 34.1 Å². The summed E-state index contributed by atoms with van der Waals surface area (Å²) < 4.78 is 5.63. The lowest BCUT2D eigenvalue weighted by atomic mass is 9.82. The van der Waals surface area contributed by atoms with Crippen molar-refractivity contribution in [2.24, 2.45) is 11.3 Å². The van der Waals surface area contributed by atoms with Crippen LogP contribution in [-0.4, -0.2) is 12.7 Å². The highest BCUT2D eigenvalue weighted by Crippen LogP contribution is 2.33. The summed E-state index contributed by atoms with van der Waals surface area (Å²) in [5.41, 5.74) is 0.329. The first-order valence-corrected chi connectivity index (χ1v) is 4.13. The minimum Gasteiger partial charge on any atom is -0.377 e. The molecule has 1 fully saturated rings. The van der Waals surface area contributed by atoms with Gasteiger partial charge in [-0.2, -0.15) is 0 Å². The van der Waals surface area contributed by atoms with Crippen LogP contribution in [0, 0.1) is 11.3 Å². The molecule has 0 aliphatic carbocycles. The lowest BCUT2D eigenvalue weighted by Gasteiger charge is -2.29. The molecule has 0 radical (unpaired) electrons. The van der Waals surface area contributed by atoms with Crippen molar-refractivity contribution in [1.29, 1.82) is 0 Å². The molecule has 0 N–H and O–H groups in total. The lowest BCUT2D eigenvalue weighted by molar-refractivity contribution is 0.0106. The Labute approximate surface area is 63.8 Å². The van der Waals surface area contributed by atoms with Crippen LogP contribution in [0.5, 0.6) is 0 Å². The van der Waals surface area contributed by atoms with E-state index in [1.807, 2.05) is 0 Å². The molecule has 0 unspecified atom stereocenters. The molecule has 10 heavy (non-hydrogen) atoms. The van der Waals surface area contributed by atoms with E-state index in [2.05, 4.69) is 27.7 Å². The van der Waals surface area contributed by atoms with E-state index in [1.54, 1.807) is 0 Å². The van der Waals surface area contributed by atoms with E-state index in [9.17, 15) is 0 Å². The van der Waals surface area contributed by atoms with Crippen LogP contribution < -0.4 is 0 Å². The van der Waals surface area contributed by atoms with Gasteiger partial charge in [0, 0.05) is 6.61 Å². The van der Waals surface area contributed by atoms with Crippen LogP contribution in [0.2, 0.25) is 0 Å². The van der Waals surface area contributed by atoms with Gasteiger partial charge in [-0.05, 0) is 17.8 Å². The van der Waals surface area contributed by atoms with Crippen molar-refractivity contribution in [3.8, 4) is 0 Å².